The number of aromatic nitrogens is 2. The van der Waals surface area contributed by atoms with Crippen molar-refractivity contribution in [2.24, 2.45) is 7.05 Å². The van der Waals surface area contributed by atoms with Gasteiger partial charge in [0.1, 0.15) is 17.1 Å². The van der Waals surface area contributed by atoms with Gasteiger partial charge in [-0.3, -0.25) is 0 Å². The lowest BCUT2D eigenvalue weighted by Crippen LogP contribution is -1.91. The summed E-state index contributed by atoms with van der Waals surface area (Å²) in [7, 11) is 1.88. The lowest BCUT2D eigenvalue weighted by molar-refractivity contribution is 0.476. The van der Waals surface area contributed by atoms with E-state index in [1.807, 2.05) is 25.5 Å². The molecule has 0 aliphatic carbocycles. The molecule has 2 rings (SSSR count). The van der Waals surface area contributed by atoms with Crippen molar-refractivity contribution in [2.45, 2.75) is 13.8 Å². The Morgan fingerprint density at radius 1 is 1.43 bits per heavy atom. The summed E-state index contributed by atoms with van der Waals surface area (Å²) in [6.07, 6.45) is 0. The lowest BCUT2D eigenvalue weighted by atomic mass is 10.2. The van der Waals surface area contributed by atoms with E-state index in [1.165, 1.54) is 0 Å². The van der Waals surface area contributed by atoms with Gasteiger partial charge in [-0.1, -0.05) is 11.6 Å². The Labute approximate surface area is 86.9 Å². The van der Waals surface area contributed by atoms with Gasteiger partial charge in [-0.2, -0.15) is 0 Å². The van der Waals surface area contributed by atoms with Gasteiger partial charge in [-0.05, 0) is 25.5 Å². The zero-order valence-corrected chi connectivity index (χ0v) is 9.05. The monoisotopic (exact) mass is 210 g/mol. The van der Waals surface area contributed by atoms with Gasteiger partial charge in [0, 0.05) is 7.05 Å². The molecule has 0 spiro atoms. The number of aromatic hydroxyl groups is 1. The molecule has 0 aliphatic rings. The fraction of sp³-hybridized carbons (Fsp3) is 0.300. The zero-order chi connectivity index (χ0) is 10.5. The molecule has 1 aromatic carbocycles. The van der Waals surface area contributed by atoms with Crippen LogP contribution in [0.4, 0.5) is 0 Å². The molecule has 0 fully saturated rings. The third-order valence-corrected chi connectivity index (χ3v) is 2.77. The van der Waals surface area contributed by atoms with E-state index in [-0.39, 0.29) is 5.75 Å². The molecule has 1 heterocycles. The molecule has 1 N–H and O–H groups in total. The standard InChI is InChI=1S/C10H11ClN2O/c1-5-4-7(11)9-8(10(5)14)12-6(2)13(9)3/h4,14H,1-3H3. The highest BCUT2D eigenvalue weighted by atomic mass is 35.5. The third kappa shape index (κ3) is 1.09. The van der Waals surface area contributed by atoms with Gasteiger partial charge in [0.15, 0.2) is 0 Å². The quantitative estimate of drug-likeness (QED) is 0.726. The lowest BCUT2D eigenvalue weighted by Gasteiger charge is -2.03. The Bertz CT molecular complexity index is 517. The highest BCUT2D eigenvalue weighted by molar-refractivity contribution is 6.35. The Hall–Kier alpha value is -1.22. The van der Waals surface area contributed by atoms with E-state index in [0.29, 0.717) is 10.5 Å². The summed E-state index contributed by atoms with van der Waals surface area (Å²) in [5.74, 6) is 1.05. The number of imidazole rings is 1. The fourth-order valence-electron chi connectivity index (χ4n) is 1.56. The first-order valence-electron chi connectivity index (χ1n) is 4.33. The molecule has 2 aromatic rings. The molecule has 0 saturated heterocycles. The number of fused-ring (bicyclic) bond motifs is 1. The maximum atomic E-state index is 9.79. The van der Waals surface area contributed by atoms with Gasteiger partial charge < -0.3 is 9.67 Å². The number of benzene rings is 1. The molecule has 0 aliphatic heterocycles. The van der Waals surface area contributed by atoms with Crippen molar-refractivity contribution in [3.8, 4) is 5.75 Å². The van der Waals surface area contributed by atoms with Crippen LogP contribution >= 0.6 is 11.6 Å². The van der Waals surface area contributed by atoms with Gasteiger partial charge >= 0.3 is 0 Å². The van der Waals surface area contributed by atoms with Gasteiger partial charge in [-0.25, -0.2) is 4.98 Å². The normalized spacial score (nSPS) is 11.1. The van der Waals surface area contributed by atoms with Crippen LogP contribution in [0, 0.1) is 13.8 Å². The zero-order valence-electron chi connectivity index (χ0n) is 8.30. The number of hydrogen-bond donors (Lipinski definition) is 1. The van der Waals surface area contributed by atoms with Crippen LogP contribution in [0.5, 0.6) is 5.75 Å². The van der Waals surface area contributed by atoms with E-state index >= 15 is 0 Å². The van der Waals surface area contributed by atoms with E-state index in [4.69, 9.17) is 11.6 Å². The summed E-state index contributed by atoms with van der Waals surface area (Å²) in [4.78, 5) is 4.26. The minimum atomic E-state index is 0.216. The Balaban J connectivity index is 3.02. The molecule has 0 radical (unpaired) electrons. The summed E-state index contributed by atoms with van der Waals surface area (Å²) in [5, 5.41) is 10.4. The molecule has 74 valence electrons. The van der Waals surface area contributed by atoms with Crippen molar-refractivity contribution in [2.75, 3.05) is 0 Å². The summed E-state index contributed by atoms with van der Waals surface area (Å²) in [6, 6.07) is 1.75. The summed E-state index contributed by atoms with van der Waals surface area (Å²) < 4.78 is 1.87. The van der Waals surface area contributed by atoms with E-state index in [1.54, 1.807) is 6.07 Å². The second kappa shape index (κ2) is 2.89. The van der Waals surface area contributed by atoms with E-state index in [9.17, 15) is 5.11 Å². The predicted molar refractivity (Wildman–Crippen MR) is 56.9 cm³/mol. The number of phenolic OH excluding ortho intramolecular Hbond substituents is 1. The Morgan fingerprint density at radius 2 is 2.07 bits per heavy atom. The van der Waals surface area contributed by atoms with Crippen LogP contribution in [0.1, 0.15) is 11.4 Å². The molecule has 1 aromatic heterocycles. The third-order valence-electron chi connectivity index (χ3n) is 2.49. The average molecular weight is 211 g/mol. The molecule has 0 unspecified atom stereocenters. The number of hydrogen-bond acceptors (Lipinski definition) is 2. The molecule has 0 bridgehead atoms. The maximum absolute atomic E-state index is 9.79. The van der Waals surface area contributed by atoms with Crippen LogP contribution in [0.25, 0.3) is 11.0 Å². The topological polar surface area (TPSA) is 38.0 Å². The minimum absolute atomic E-state index is 0.216. The van der Waals surface area contributed by atoms with Crippen molar-refractivity contribution in [3.63, 3.8) is 0 Å². The summed E-state index contributed by atoms with van der Waals surface area (Å²) in [5.41, 5.74) is 2.11. The highest BCUT2D eigenvalue weighted by Gasteiger charge is 2.13. The van der Waals surface area contributed by atoms with E-state index < -0.39 is 0 Å². The van der Waals surface area contributed by atoms with Crippen molar-refractivity contribution in [1.82, 2.24) is 9.55 Å². The number of halogens is 1. The Kier molecular flexibility index (Phi) is 1.93. The molecule has 0 atom stereocenters. The van der Waals surface area contributed by atoms with Gasteiger partial charge in [0.25, 0.3) is 0 Å². The number of aryl methyl sites for hydroxylation is 3. The Morgan fingerprint density at radius 3 is 2.71 bits per heavy atom. The van der Waals surface area contributed by atoms with Crippen LogP contribution in [-0.2, 0) is 7.05 Å². The largest absolute Gasteiger partial charge is 0.505 e. The molecule has 14 heavy (non-hydrogen) atoms. The van der Waals surface area contributed by atoms with Gasteiger partial charge in [0.05, 0.1) is 10.5 Å². The molecule has 3 nitrogen and oxygen atoms in total. The predicted octanol–water partition coefficient (Wildman–Crippen LogP) is 2.55. The van der Waals surface area contributed by atoms with Gasteiger partial charge in [0.2, 0.25) is 0 Å². The molecular formula is C10H11ClN2O. The van der Waals surface area contributed by atoms with Crippen molar-refractivity contribution >= 4 is 22.6 Å². The van der Waals surface area contributed by atoms with Gasteiger partial charge in [-0.15, -0.1) is 0 Å². The average Bonchev–Trinajstić information content (AvgIpc) is 2.40. The van der Waals surface area contributed by atoms with Crippen LogP contribution in [0.2, 0.25) is 5.02 Å². The van der Waals surface area contributed by atoms with Crippen LogP contribution in [-0.4, -0.2) is 14.7 Å². The minimum Gasteiger partial charge on any atom is -0.505 e. The van der Waals surface area contributed by atoms with Crippen LogP contribution in [0.15, 0.2) is 6.07 Å². The highest BCUT2D eigenvalue weighted by Crippen LogP contribution is 2.33. The number of phenols is 1. The first kappa shape index (κ1) is 9.34. The van der Waals surface area contributed by atoms with E-state index in [2.05, 4.69) is 4.98 Å². The fourth-order valence-corrected chi connectivity index (χ4v) is 1.94. The number of nitrogens with zero attached hydrogens (tertiary/aromatic N) is 2. The second-order valence-corrected chi connectivity index (χ2v) is 3.85. The van der Waals surface area contributed by atoms with Crippen LogP contribution < -0.4 is 0 Å². The van der Waals surface area contributed by atoms with Crippen molar-refractivity contribution in [1.29, 1.82) is 0 Å². The smallest absolute Gasteiger partial charge is 0.146 e. The SMILES string of the molecule is Cc1cc(Cl)c2c(nc(C)n2C)c1O. The molecular weight excluding hydrogens is 200 g/mol. The number of rotatable bonds is 0. The first-order chi connectivity index (χ1) is 6.52. The maximum Gasteiger partial charge on any atom is 0.146 e. The molecule has 0 saturated carbocycles. The van der Waals surface area contributed by atoms with E-state index in [0.717, 1.165) is 16.9 Å². The second-order valence-electron chi connectivity index (χ2n) is 3.44. The van der Waals surface area contributed by atoms with Crippen molar-refractivity contribution < 1.29 is 5.11 Å². The van der Waals surface area contributed by atoms with Crippen molar-refractivity contribution in [3.05, 3.63) is 22.5 Å². The van der Waals surface area contributed by atoms with Crippen LogP contribution in [0.3, 0.4) is 0 Å². The summed E-state index contributed by atoms with van der Waals surface area (Å²) >= 11 is 6.08. The first-order valence-corrected chi connectivity index (χ1v) is 4.71. The molecule has 0 amide bonds. The molecule has 4 heteroatoms. The summed E-state index contributed by atoms with van der Waals surface area (Å²) in [6.45, 7) is 3.69.